The molecule has 1 aromatic rings. The molecule has 4 nitrogen and oxygen atoms in total. The van der Waals surface area contributed by atoms with Gasteiger partial charge in [0.15, 0.2) is 0 Å². The van der Waals surface area contributed by atoms with E-state index in [1.54, 1.807) is 25.1 Å². The standard InChI is InChI=1S/C7H7NO2.C4H9N/c1-6-4-2-3-5-7(6)8(9)10;1-2-4-5-3-1/h2-5H,1H3;5H,1-4H2. The smallest absolute Gasteiger partial charge is 0.272 e. The summed E-state index contributed by atoms with van der Waals surface area (Å²) in [5, 5.41) is 13.4. The van der Waals surface area contributed by atoms with Gasteiger partial charge in [-0.1, -0.05) is 18.2 Å². The van der Waals surface area contributed by atoms with E-state index in [0.717, 1.165) is 0 Å². The topological polar surface area (TPSA) is 55.2 Å². The number of nitrogens with one attached hydrogen (secondary N) is 1. The van der Waals surface area contributed by atoms with Crippen LogP contribution in [0.5, 0.6) is 0 Å². The second-order valence-corrected chi connectivity index (χ2v) is 3.50. The van der Waals surface area contributed by atoms with Gasteiger partial charge in [0.05, 0.1) is 4.92 Å². The molecule has 0 spiro atoms. The van der Waals surface area contributed by atoms with Crippen LogP contribution in [0.1, 0.15) is 18.4 Å². The van der Waals surface area contributed by atoms with Crippen molar-refractivity contribution in [2.45, 2.75) is 19.8 Å². The zero-order chi connectivity index (χ0) is 11.1. The number of rotatable bonds is 1. The summed E-state index contributed by atoms with van der Waals surface area (Å²) in [5.41, 5.74) is 0.884. The van der Waals surface area contributed by atoms with E-state index in [9.17, 15) is 10.1 Å². The first-order valence-corrected chi connectivity index (χ1v) is 5.12. The van der Waals surface area contributed by atoms with Crippen LogP contribution in [0.25, 0.3) is 0 Å². The van der Waals surface area contributed by atoms with E-state index in [4.69, 9.17) is 0 Å². The Labute approximate surface area is 89.5 Å². The van der Waals surface area contributed by atoms with Crippen LogP contribution in [-0.2, 0) is 0 Å². The molecule has 0 unspecified atom stereocenters. The summed E-state index contributed by atoms with van der Waals surface area (Å²) in [7, 11) is 0. The monoisotopic (exact) mass is 208 g/mol. The average Bonchev–Trinajstić information content (AvgIpc) is 2.75. The van der Waals surface area contributed by atoms with Crippen molar-refractivity contribution < 1.29 is 4.92 Å². The second kappa shape index (κ2) is 6.14. The third-order valence-corrected chi connectivity index (χ3v) is 2.27. The third-order valence-electron chi connectivity index (χ3n) is 2.27. The van der Waals surface area contributed by atoms with Gasteiger partial charge in [-0.3, -0.25) is 10.1 Å². The van der Waals surface area contributed by atoms with Crippen molar-refractivity contribution in [2.24, 2.45) is 0 Å². The summed E-state index contributed by atoms with van der Waals surface area (Å²) in [4.78, 5) is 9.85. The van der Waals surface area contributed by atoms with E-state index in [0.29, 0.717) is 5.56 Å². The van der Waals surface area contributed by atoms with Gasteiger partial charge in [0, 0.05) is 11.6 Å². The molecule has 4 heteroatoms. The molecule has 1 aliphatic rings. The highest BCUT2D eigenvalue weighted by Crippen LogP contribution is 2.14. The maximum atomic E-state index is 10.2. The van der Waals surface area contributed by atoms with Crippen molar-refractivity contribution in [2.75, 3.05) is 13.1 Å². The Morgan fingerprint density at radius 3 is 2.20 bits per heavy atom. The SMILES string of the molecule is C1CCNC1.Cc1ccccc1[N+](=O)[O-]. The van der Waals surface area contributed by atoms with Gasteiger partial charge in [0.1, 0.15) is 0 Å². The summed E-state index contributed by atoms with van der Waals surface area (Å²) in [6, 6.07) is 6.65. The van der Waals surface area contributed by atoms with Gasteiger partial charge < -0.3 is 5.32 Å². The number of nitro benzene ring substituents is 1. The molecular formula is C11H16N2O2. The van der Waals surface area contributed by atoms with Crippen LogP contribution in [0.4, 0.5) is 5.69 Å². The van der Waals surface area contributed by atoms with Crippen molar-refractivity contribution in [3.05, 3.63) is 39.9 Å². The minimum Gasteiger partial charge on any atom is -0.317 e. The van der Waals surface area contributed by atoms with Crippen LogP contribution >= 0.6 is 0 Å². The van der Waals surface area contributed by atoms with E-state index in [1.165, 1.54) is 32.0 Å². The molecule has 0 bridgehead atoms. The Hall–Kier alpha value is -1.42. The Bertz CT molecular complexity index is 315. The van der Waals surface area contributed by atoms with Crippen molar-refractivity contribution in [3.8, 4) is 0 Å². The minimum atomic E-state index is -0.380. The number of hydrogen-bond donors (Lipinski definition) is 1. The Kier molecular flexibility index (Phi) is 4.77. The lowest BCUT2D eigenvalue weighted by Gasteiger charge is -1.92. The summed E-state index contributed by atoms with van der Waals surface area (Å²) in [5.74, 6) is 0. The molecule has 0 radical (unpaired) electrons. The van der Waals surface area contributed by atoms with Gasteiger partial charge >= 0.3 is 0 Å². The lowest BCUT2D eigenvalue weighted by molar-refractivity contribution is -0.385. The molecular weight excluding hydrogens is 192 g/mol. The molecule has 1 saturated heterocycles. The highest BCUT2D eigenvalue weighted by molar-refractivity contribution is 5.38. The van der Waals surface area contributed by atoms with Crippen LogP contribution in [0.3, 0.4) is 0 Å². The van der Waals surface area contributed by atoms with Crippen LogP contribution in [0.15, 0.2) is 24.3 Å². The summed E-state index contributed by atoms with van der Waals surface area (Å²) < 4.78 is 0. The zero-order valence-electron chi connectivity index (χ0n) is 8.90. The second-order valence-electron chi connectivity index (χ2n) is 3.50. The third kappa shape index (κ3) is 4.08. The van der Waals surface area contributed by atoms with Crippen LogP contribution in [0, 0.1) is 17.0 Å². The Morgan fingerprint density at radius 1 is 1.27 bits per heavy atom. The molecule has 1 fully saturated rings. The number of benzene rings is 1. The van der Waals surface area contributed by atoms with Crippen molar-refractivity contribution >= 4 is 5.69 Å². The van der Waals surface area contributed by atoms with Crippen LogP contribution < -0.4 is 5.32 Å². The predicted molar refractivity (Wildman–Crippen MR) is 59.9 cm³/mol. The zero-order valence-corrected chi connectivity index (χ0v) is 8.90. The van der Waals surface area contributed by atoms with Crippen molar-refractivity contribution in [1.29, 1.82) is 0 Å². The number of para-hydroxylation sites is 1. The fourth-order valence-electron chi connectivity index (χ4n) is 1.39. The molecule has 1 heterocycles. The molecule has 0 aliphatic carbocycles. The van der Waals surface area contributed by atoms with Gasteiger partial charge in [-0.25, -0.2) is 0 Å². The molecule has 1 aromatic carbocycles. The highest BCUT2D eigenvalue weighted by atomic mass is 16.6. The lowest BCUT2D eigenvalue weighted by atomic mass is 10.2. The Balaban J connectivity index is 0.000000187. The van der Waals surface area contributed by atoms with E-state index in [1.807, 2.05) is 0 Å². The molecule has 0 amide bonds. The maximum Gasteiger partial charge on any atom is 0.272 e. The van der Waals surface area contributed by atoms with Crippen LogP contribution in [-0.4, -0.2) is 18.0 Å². The summed E-state index contributed by atoms with van der Waals surface area (Å²) in [6.07, 6.45) is 2.78. The summed E-state index contributed by atoms with van der Waals surface area (Å²) >= 11 is 0. The quantitative estimate of drug-likeness (QED) is 0.569. The molecule has 0 atom stereocenters. The van der Waals surface area contributed by atoms with Gasteiger partial charge in [0.2, 0.25) is 0 Å². The average molecular weight is 208 g/mol. The van der Waals surface area contributed by atoms with Crippen molar-refractivity contribution in [3.63, 3.8) is 0 Å². The first-order chi connectivity index (χ1) is 7.22. The first-order valence-electron chi connectivity index (χ1n) is 5.12. The molecule has 15 heavy (non-hydrogen) atoms. The van der Waals surface area contributed by atoms with Gasteiger partial charge in [-0.15, -0.1) is 0 Å². The molecule has 1 aliphatic heterocycles. The van der Waals surface area contributed by atoms with E-state index >= 15 is 0 Å². The van der Waals surface area contributed by atoms with Crippen LogP contribution in [0.2, 0.25) is 0 Å². The molecule has 2 rings (SSSR count). The predicted octanol–water partition coefficient (Wildman–Crippen LogP) is 2.27. The minimum absolute atomic E-state index is 0.183. The molecule has 82 valence electrons. The van der Waals surface area contributed by atoms with E-state index in [-0.39, 0.29) is 10.6 Å². The van der Waals surface area contributed by atoms with Gasteiger partial charge in [-0.05, 0) is 32.9 Å². The van der Waals surface area contributed by atoms with E-state index in [2.05, 4.69) is 5.32 Å². The number of nitrogens with zero attached hydrogens (tertiary/aromatic N) is 1. The highest BCUT2D eigenvalue weighted by Gasteiger charge is 2.05. The fraction of sp³-hybridized carbons (Fsp3) is 0.455. The molecule has 0 aromatic heterocycles. The number of aryl methyl sites for hydroxylation is 1. The van der Waals surface area contributed by atoms with E-state index < -0.39 is 0 Å². The molecule has 1 N–H and O–H groups in total. The van der Waals surface area contributed by atoms with Crippen molar-refractivity contribution in [1.82, 2.24) is 5.32 Å². The lowest BCUT2D eigenvalue weighted by Crippen LogP contribution is -2.03. The normalized spacial score (nSPS) is 14.2. The van der Waals surface area contributed by atoms with Gasteiger partial charge in [-0.2, -0.15) is 0 Å². The largest absolute Gasteiger partial charge is 0.317 e. The first kappa shape index (κ1) is 11.7. The maximum absolute atomic E-state index is 10.2. The Morgan fingerprint density at radius 2 is 1.87 bits per heavy atom. The van der Waals surface area contributed by atoms with Gasteiger partial charge in [0.25, 0.3) is 5.69 Å². The number of hydrogen-bond acceptors (Lipinski definition) is 3. The fourth-order valence-corrected chi connectivity index (χ4v) is 1.39. The summed E-state index contributed by atoms with van der Waals surface area (Å²) in [6.45, 7) is 4.22. The molecule has 0 saturated carbocycles. The number of nitro groups is 1.